The predicted octanol–water partition coefficient (Wildman–Crippen LogP) is 2.39. The summed E-state index contributed by atoms with van der Waals surface area (Å²) in [6.07, 6.45) is 6.59. The number of ether oxygens (including phenoxy) is 1. The molecule has 5 fully saturated rings. The zero-order valence-corrected chi connectivity index (χ0v) is 22.9. The van der Waals surface area contributed by atoms with Crippen molar-refractivity contribution in [3.63, 3.8) is 0 Å². The van der Waals surface area contributed by atoms with Crippen molar-refractivity contribution in [3.8, 4) is 0 Å². The standard InChI is InChI=1S/C23H33N6O7PS/c1-13-11-29(22(32)26-20(13)30)19-7-17(27-28-24)18(36-19)12-35-37(33,38)34-3-2-25-21(31)23-8-14-4-15(9-23)6-16(5-14)10-23/h11,14-19H,2-10,12H2,1H3,(H,25,31)(H,33,38)(H,26,30,32)/t14?,15?,16?,17-,18+,19?,23?,37?/m0/s1. The Labute approximate surface area is 224 Å². The second-order valence-electron chi connectivity index (χ2n) is 11.2. The lowest BCUT2D eigenvalue weighted by Crippen LogP contribution is -2.53. The second-order valence-corrected chi connectivity index (χ2v) is 14.0. The molecule has 15 heteroatoms. The lowest BCUT2D eigenvalue weighted by atomic mass is 9.49. The molecule has 3 N–H and O–H groups in total. The average molecular weight is 569 g/mol. The van der Waals surface area contributed by atoms with Crippen LogP contribution in [0.5, 0.6) is 0 Å². The summed E-state index contributed by atoms with van der Waals surface area (Å²) in [6.45, 7) is -2.15. The molecule has 0 spiro atoms. The Kier molecular flexibility index (Phi) is 7.85. The monoisotopic (exact) mass is 568 g/mol. The van der Waals surface area contributed by atoms with E-state index in [1.807, 2.05) is 0 Å². The molecule has 0 aromatic carbocycles. The maximum absolute atomic E-state index is 13.1. The topological polar surface area (TPSA) is 181 Å². The van der Waals surface area contributed by atoms with Gasteiger partial charge in [-0.15, -0.1) is 0 Å². The van der Waals surface area contributed by atoms with Crippen molar-refractivity contribution in [1.82, 2.24) is 14.9 Å². The van der Waals surface area contributed by atoms with E-state index in [-0.39, 0.29) is 37.5 Å². The van der Waals surface area contributed by atoms with Crippen molar-refractivity contribution in [2.24, 2.45) is 28.3 Å². The van der Waals surface area contributed by atoms with E-state index in [0.29, 0.717) is 23.3 Å². The van der Waals surface area contributed by atoms with Crippen LogP contribution in [0.2, 0.25) is 0 Å². The van der Waals surface area contributed by atoms with Crippen molar-refractivity contribution in [1.29, 1.82) is 0 Å². The first-order valence-electron chi connectivity index (χ1n) is 13.0. The Morgan fingerprint density at radius 1 is 1.29 bits per heavy atom. The van der Waals surface area contributed by atoms with Gasteiger partial charge in [0, 0.05) is 35.1 Å². The minimum absolute atomic E-state index is 0.00808. The molecule has 6 rings (SSSR count). The first-order valence-corrected chi connectivity index (χ1v) is 15.6. The fourth-order valence-corrected chi connectivity index (χ4v) is 8.27. The lowest BCUT2D eigenvalue weighted by Gasteiger charge is -2.55. The van der Waals surface area contributed by atoms with Crippen LogP contribution < -0.4 is 16.6 Å². The molecule has 13 nitrogen and oxygen atoms in total. The molecule has 5 aliphatic rings. The Bertz CT molecular complexity index is 1260. The number of H-pyrrole nitrogens is 1. The molecule has 4 atom stereocenters. The van der Waals surface area contributed by atoms with Crippen molar-refractivity contribution >= 4 is 24.4 Å². The number of carbonyl (C=O) groups excluding carboxylic acids is 1. The first kappa shape index (κ1) is 27.5. The van der Waals surface area contributed by atoms with E-state index in [2.05, 4.69) is 20.3 Å². The van der Waals surface area contributed by atoms with Crippen molar-refractivity contribution in [2.45, 2.75) is 70.2 Å². The summed E-state index contributed by atoms with van der Waals surface area (Å²) in [5.74, 6) is 2.07. The average Bonchev–Trinajstić information content (AvgIpc) is 3.24. The van der Waals surface area contributed by atoms with Gasteiger partial charge in [-0.25, -0.2) is 4.79 Å². The van der Waals surface area contributed by atoms with E-state index in [1.165, 1.54) is 30.0 Å². The zero-order chi connectivity index (χ0) is 27.1. The van der Waals surface area contributed by atoms with Crippen LogP contribution in [0, 0.1) is 30.1 Å². The number of aromatic amines is 1. The third kappa shape index (κ3) is 5.77. The fourth-order valence-electron chi connectivity index (χ4n) is 7.13. The zero-order valence-electron chi connectivity index (χ0n) is 21.2. The summed E-state index contributed by atoms with van der Waals surface area (Å²) in [7, 11) is 0. The Morgan fingerprint density at radius 2 is 1.95 bits per heavy atom. The maximum atomic E-state index is 13.1. The number of hydrogen-bond donors (Lipinski definition) is 3. The SMILES string of the molecule is Cc1cn(C2C[C@H](N=[N+]=[N-])[C@@H](COP(O)(=S)OCCNC(=O)C34CC5CC(CC(C5)C3)C4)O2)c(=O)[nH]c1=O. The number of rotatable bonds is 10. The van der Waals surface area contributed by atoms with E-state index in [4.69, 9.17) is 31.1 Å². The number of aromatic nitrogens is 2. The van der Waals surface area contributed by atoms with Crippen LogP contribution in [-0.2, 0) is 30.4 Å². The van der Waals surface area contributed by atoms with E-state index < -0.39 is 36.3 Å². The highest BCUT2D eigenvalue weighted by Crippen LogP contribution is 2.60. The van der Waals surface area contributed by atoms with E-state index >= 15 is 0 Å². The molecule has 1 saturated heterocycles. The number of azide groups is 1. The summed E-state index contributed by atoms with van der Waals surface area (Å²) >= 11 is 5.11. The van der Waals surface area contributed by atoms with Gasteiger partial charge in [-0.1, -0.05) is 5.11 Å². The molecular weight excluding hydrogens is 535 g/mol. The van der Waals surface area contributed by atoms with Crippen LogP contribution in [0.15, 0.2) is 20.9 Å². The fraction of sp³-hybridized carbons (Fsp3) is 0.783. The van der Waals surface area contributed by atoms with Crippen LogP contribution in [0.1, 0.15) is 56.7 Å². The molecule has 2 unspecified atom stereocenters. The third-order valence-corrected chi connectivity index (χ3v) is 10.0. The summed E-state index contributed by atoms with van der Waals surface area (Å²) < 4.78 is 17.9. The molecule has 1 aromatic rings. The first-order chi connectivity index (χ1) is 18.1. The van der Waals surface area contributed by atoms with Crippen LogP contribution in [0.4, 0.5) is 0 Å². The largest absolute Gasteiger partial charge is 0.353 e. The molecule has 4 aliphatic carbocycles. The number of nitrogens with one attached hydrogen (secondary N) is 2. The van der Waals surface area contributed by atoms with Gasteiger partial charge in [-0.3, -0.25) is 19.1 Å². The van der Waals surface area contributed by atoms with Gasteiger partial charge in [0.1, 0.15) is 6.23 Å². The molecule has 0 radical (unpaired) electrons. The van der Waals surface area contributed by atoms with Crippen molar-refractivity contribution in [2.75, 3.05) is 19.8 Å². The third-order valence-electron chi connectivity index (χ3n) is 8.42. The highest BCUT2D eigenvalue weighted by Gasteiger charge is 2.54. The smallest absolute Gasteiger partial charge is 0.330 e. The van der Waals surface area contributed by atoms with Gasteiger partial charge in [-0.05, 0) is 80.5 Å². The summed E-state index contributed by atoms with van der Waals surface area (Å²) in [6, 6.07) is -0.696. The van der Waals surface area contributed by atoms with Crippen LogP contribution >= 0.6 is 6.72 Å². The summed E-state index contributed by atoms with van der Waals surface area (Å²) in [5.41, 5.74) is 7.85. The Balaban J connectivity index is 1.11. The van der Waals surface area contributed by atoms with Crippen molar-refractivity contribution in [3.05, 3.63) is 43.0 Å². The minimum atomic E-state index is -3.67. The number of aryl methyl sites for hydroxylation is 1. The normalized spacial score (nSPS) is 35.0. The van der Waals surface area contributed by atoms with Gasteiger partial charge in [-0.2, -0.15) is 0 Å². The number of hydrogen-bond acceptors (Lipinski definition) is 8. The Hall–Kier alpha value is -2.05. The molecule has 1 amide bonds. The lowest BCUT2D eigenvalue weighted by molar-refractivity contribution is -0.146. The highest BCUT2D eigenvalue weighted by atomic mass is 32.5. The molecule has 2 heterocycles. The Morgan fingerprint density at radius 3 is 2.58 bits per heavy atom. The predicted molar refractivity (Wildman–Crippen MR) is 140 cm³/mol. The minimum Gasteiger partial charge on any atom is -0.353 e. The van der Waals surface area contributed by atoms with E-state index in [1.54, 1.807) is 6.92 Å². The maximum Gasteiger partial charge on any atom is 0.330 e. The quantitative estimate of drug-likeness (QED) is 0.126. The molecular formula is C23H33N6O7PS. The van der Waals surface area contributed by atoms with Crippen LogP contribution in [0.25, 0.3) is 10.4 Å². The van der Waals surface area contributed by atoms with Gasteiger partial charge < -0.3 is 24.0 Å². The second kappa shape index (κ2) is 10.8. The van der Waals surface area contributed by atoms with Gasteiger partial charge in [0.25, 0.3) is 5.56 Å². The number of nitrogens with zero attached hydrogens (tertiary/aromatic N) is 4. The van der Waals surface area contributed by atoms with Gasteiger partial charge in [0.15, 0.2) is 0 Å². The molecule has 38 heavy (non-hydrogen) atoms. The van der Waals surface area contributed by atoms with E-state index in [0.717, 1.165) is 19.3 Å². The van der Waals surface area contributed by atoms with E-state index in [9.17, 15) is 19.3 Å². The van der Waals surface area contributed by atoms with Gasteiger partial charge in [0.05, 0.1) is 25.4 Å². The molecule has 1 aromatic heterocycles. The number of carbonyl (C=O) groups is 1. The van der Waals surface area contributed by atoms with Crippen LogP contribution in [0.3, 0.4) is 0 Å². The summed E-state index contributed by atoms with van der Waals surface area (Å²) in [4.78, 5) is 52.5. The van der Waals surface area contributed by atoms with Gasteiger partial charge in [0.2, 0.25) is 5.91 Å². The summed E-state index contributed by atoms with van der Waals surface area (Å²) in [5, 5.41) is 6.69. The van der Waals surface area contributed by atoms with Gasteiger partial charge >= 0.3 is 12.4 Å². The highest BCUT2D eigenvalue weighted by molar-refractivity contribution is 8.07. The van der Waals surface area contributed by atoms with Crippen LogP contribution in [-0.4, -0.2) is 52.3 Å². The number of amides is 1. The molecule has 4 bridgehead atoms. The molecule has 208 valence electrons. The molecule has 4 saturated carbocycles. The van der Waals surface area contributed by atoms with Crippen molar-refractivity contribution < 1.29 is 23.5 Å². The molecule has 1 aliphatic heterocycles.